The summed E-state index contributed by atoms with van der Waals surface area (Å²) in [5.74, 6) is -1.03. The Balaban J connectivity index is 2.31. The highest BCUT2D eigenvalue weighted by molar-refractivity contribution is 5.50. The maximum atomic E-state index is 13.3. The van der Waals surface area contributed by atoms with Crippen molar-refractivity contribution in [2.75, 3.05) is 18.0 Å². The first-order valence-corrected chi connectivity index (χ1v) is 4.63. The van der Waals surface area contributed by atoms with Crippen molar-refractivity contribution in [2.45, 2.75) is 12.5 Å². The number of benzene rings is 1. The van der Waals surface area contributed by atoms with Gasteiger partial charge in [0.15, 0.2) is 0 Å². The molecular weight excluding hydrogens is 186 g/mol. The number of para-hydroxylation sites is 1. The highest BCUT2D eigenvalue weighted by Crippen LogP contribution is 2.25. The van der Waals surface area contributed by atoms with Crippen LogP contribution in [-0.4, -0.2) is 19.1 Å². The number of hydrogen-bond acceptors (Lipinski definition) is 2. The molecule has 1 atom stereocenters. The molecule has 1 heterocycles. The van der Waals surface area contributed by atoms with Crippen molar-refractivity contribution in [3.05, 3.63) is 29.8 Å². The van der Waals surface area contributed by atoms with Gasteiger partial charge in [-0.15, -0.1) is 0 Å². The first-order chi connectivity index (χ1) is 6.68. The fraction of sp³-hybridized carbons (Fsp3) is 0.400. The van der Waals surface area contributed by atoms with E-state index >= 15 is 0 Å². The van der Waals surface area contributed by atoms with Gasteiger partial charge in [0.25, 0.3) is 0 Å². The van der Waals surface area contributed by atoms with Gasteiger partial charge >= 0.3 is 0 Å². The molecule has 2 N–H and O–H groups in total. The molecule has 1 aromatic rings. The van der Waals surface area contributed by atoms with Crippen LogP contribution in [-0.2, 0) is 0 Å². The quantitative estimate of drug-likeness (QED) is 0.741. The summed E-state index contributed by atoms with van der Waals surface area (Å²) in [6.45, 7) is 1.15. The summed E-state index contributed by atoms with van der Waals surface area (Å²) in [7, 11) is 0. The molecule has 76 valence electrons. The van der Waals surface area contributed by atoms with Crippen LogP contribution in [0.25, 0.3) is 0 Å². The summed E-state index contributed by atoms with van der Waals surface area (Å²) < 4.78 is 26.6. The maximum absolute atomic E-state index is 13.3. The molecule has 0 saturated carbocycles. The predicted molar refractivity (Wildman–Crippen MR) is 51.2 cm³/mol. The zero-order valence-electron chi connectivity index (χ0n) is 7.71. The van der Waals surface area contributed by atoms with Crippen LogP contribution in [0.15, 0.2) is 18.2 Å². The van der Waals surface area contributed by atoms with Crippen LogP contribution < -0.4 is 10.6 Å². The van der Waals surface area contributed by atoms with Gasteiger partial charge in [0.2, 0.25) is 0 Å². The highest BCUT2D eigenvalue weighted by Gasteiger charge is 2.23. The summed E-state index contributed by atoms with van der Waals surface area (Å²) in [5.41, 5.74) is 5.73. The molecule has 0 radical (unpaired) electrons. The molecule has 2 nitrogen and oxygen atoms in total. The second-order valence-corrected chi connectivity index (χ2v) is 3.57. The van der Waals surface area contributed by atoms with Crippen LogP contribution in [0, 0.1) is 11.6 Å². The van der Waals surface area contributed by atoms with Crippen molar-refractivity contribution < 1.29 is 8.78 Å². The Kier molecular flexibility index (Phi) is 2.37. The molecule has 0 spiro atoms. The van der Waals surface area contributed by atoms with E-state index in [0.717, 1.165) is 6.42 Å². The van der Waals surface area contributed by atoms with E-state index in [1.165, 1.54) is 18.2 Å². The Morgan fingerprint density at radius 3 is 2.43 bits per heavy atom. The second kappa shape index (κ2) is 3.53. The average molecular weight is 198 g/mol. The van der Waals surface area contributed by atoms with Gasteiger partial charge in [0, 0.05) is 19.1 Å². The standard InChI is InChI=1S/C10H12F2N2/c11-8-2-1-3-9(12)10(8)14-5-4-7(13)6-14/h1-3,7H,4-6,13H2. The molecular formula is C10H12F2N2. The number of nitrogens with two attached hydrogens (primary N) is 1. The summed E-state index contributed by atoms with van der Waals surface area (Å²) in [4.78, 5) is 1.66. The molecule has 0 bridgehead atoms. The minimum atomic E-state index is -0.515. The lowest BCUT2D eigenvalue weighted by Gasteiger charge is -2.19. The third kappa shape index (κ3) is 1.57. The molecule has 1 saturated heterocycles. The maximum Gasteiger partial charge on any atom is 0.149 e. The molecule has 0 aromatic heterocycles. The first-order valence-electron chi connectivity index (χ1n) is 4.63. The second-order valence-electron chi connectivity index (χ2n) is 3.57. The smallest absolute Gasteiger partial charge is 0.149 e. The van der Waals surface area contributed by atoms with Gasteiger partial charge in [-0.1, -0.05) is 6.07 Å². The van der Waals surface area contributed by atoms with E-state index in [4.69, 9.17) is 5.73 Å². The van der Waals surface area contributed by atoms with E-state index in [1.807, 2.05) is 0 Å². The number of halogens is 2. The van der Waals surface area contributed by atoms with E-state index in [9.17, 15) is 8.78 Å². The van der Waals surface area contributed by atoms with Crippen LogP contribution in [0.2, 0.25) is 0 Å². The lowest BCUT2D eigenvalue weighted by molar-refractivity contribution is 0.577. The van der Waals surface area contributed by atoms with Crippen molar-refractivity contribution in [1.82, 2.24) is 0 Å². The first kappa shape index (κ1) is 9.40. The van der Waals surface area contributed by atoms with Crippen LogP contribution in [0.3, 0.4) is 0 Å². The number of hydrogen-bond donors (Lipinski definition) is 1. The monoisotopic (exact) mass is 198 g/mol. The molecule has 2 rings (SSSR count). The molecule has 1 aromatic carbocycles. The summed E-state index contributed by atoms with van der Waals surface area (Å²) in [6, 6.07) is 3.92. The topological polar surface area (TPSA) is 29.3 Å². The van der Waals surface area contributed by atoms with E-state index in [2.05, 4.69) is 0 Å². The van der Waals surface area contributed by atoms with Gasteiger partial charge < -0.3 is 10.6 Å². The molecule has 0 aliphatic carbocycles. The van der Waals surface area contributed by atoms with Gasteiger partial charge in [-0.3, -0.25) is 0 Å². The van der Waals surface area contributed by atoms with Gasteiger partial charge in [-0.2, -0.15) is 0 Å². The lowest BCUT2D eigenvalue weighted by Crippen LogP contribution is -2.27. The molecule has 0 amide bonds. The van der Waals surface area contributed by atoms with Crippen LogP contribution >= 0.6 is 0 Å². The number of anilines is 1. The minimum Gasteiger partial charge on any atom is -0.365 e. The van der Waals surface area contributed by atoms with Crippen molar-refractivity contribution in [3.8, 4) is 0 Å². The fourth-order valence-electron chi connectivity index (χ4n) is 1.78. The minimum absolute atomic E-state index is 0.0222. The molecule has 4 heteroatoms. The Bertz CT molecular complexity index is 321. The van der Waals surface area contributed by atoms with E-state index in [0.29, 0.717) is 13.1 Å². The zero-order valence-corrected chi connectivity index (χ0v) is 7.71. The zero-order chi connectivity index (χ0) is 10.1. The Hall–Kier alpha value is -1.16. The van der Waals surface area contributed by atoms with Crippen molar-refractivity contribution in [3.63, 3.8) is 0 Å². The van der Waals surface area contributed by atoms with Crippen LogP contribution in [0.1, 0.15) is 6.42 Å². The Morgan fingerprint density at radius 2 is 1.93 bits per heavy atom. The van der Waals surface area contributed by atoms with E-state index in [-0.39, 0.29) is 11.7 Å². The van der Waals surface area contributed by atoms with Crippen molar-refractivity contribution in [2.24, 2.45) is 5.73 Å². The van der Waals surface area contributed by atoms with Gasteiger partial charge in [0.1, 0.15) is 17.3 Å². The lowest BCUT2D eigenvalue weighted by atomic mass is 10.2. The van der Waals surface area contributed by atoms with Crippen LogP contribution in [0.4, 0.5) is 14.5 Å². The van der Waals surface area contributed by atoms with E-state index in [1.54, 1.807) is 4.90 Å². The number of rotatable bonds is 1. The van der Waals surface area contributed by atoms with Gasteiger partial charge in [-0.25, -0.2) is 8.78 Å². The summed E-state index contributed by atoms with van der Waals surface area (Å²) in [6.07, 6.45) is 0.785. The molecule has 1 unspecified atom stereocenters. The molecule has 1 fully saturated rings. The largest absolute Gasteiger partial charge is 0.365 e. The molecule has 1 aliphatic heterocycles. The molecule has 14 heavy (non-hydrogen) atoms. The number of nitrogens with zero attached hydrogens (tertiary/aromatic N) is 1. The van der Waals surface area contributed by atoms with E-state index < -0.39 is 11.6 Å². The SMILES string of the molecule is NC1CCN(c2c(F)cccc2F)C1. The fourth-order valence-corrected chi connectivity index (χ4v) is 1.78. The van der Waals surface area contributed by atoms with Gasteiger partial charge in [0.05, 0.1) is 0 Å². The van der Waals surface area contributed by atoms with Crippen molar-refractivity contribution >= 4 is 5.69 Å². The normalized spacial score (nSPS) is 21.6. The highest BCUT2D eigenvalue weighted by atomic mass is 19.1. The Labute approximate surface area is 81.3 Å². The third-order valence-corrected chi connectivity index (χ3v) is 2.48. The summed E-state index contributed by atoms with van der Waals surface area (Å²) in [5, 5.41) is 0. The van der Waals surface area contributed by atoms with Crippen molar-refractivity contribution in [1.29, 1.82) is 0 Å². The molecule has 1 aliphatic rings. The average Bonchev–Trinajstić information content (AvgIpc) is 2.51. The summed E-state index contributed by atoms with van der Waals surface area (Å²) >= 11 is 0. The van der Waals surface area contributed by atoms with Gasteiger partial charge in [-0.05, 0) is 18.6 Å². The predicted octanol–water partition coefficient (Wildman–Crippen LogP) is 1.50. The Morgan fingerprint density at radius 1 is 1.29 bits per heavy atom. The van der Waals surface area contributed by atoms with Crippen LogP contribution in [0.5, 0.6) is 0 Å². The third-order valence-electron chi connectivity index (χ3n) is 2.48.